The van der Waals surface area contributed by atoms with Gasteiger partial charge in [0.05, 0.1) is 5.01 Å². The summed E-state index contributed by atoms with van der Waals surface area (Å²) in [5, 5.41) is 1.39. The standard InChI is InChI=1S/C14H23NS/c1-10(2)12-9-15-13(16-12)11-5-7-14(3,4)8-6-11/h9-11H,5-8H2,1-4H3. The Bertz CT molecular complexity index is 341. The molecule has 2 rings (SSSR count). The maximum absolute atomic E-state index is 4.63. The van der Waals surface area contributed by atoms with E-state index in [-0.39, 0.29) is 0 Å². The van der Waals surface area contributed by atoms with Crippen LogP contribution in [0.1, 0.15) is 75.1 Å². The maximum Gasteiger partial charge on any atom is 0.0958 e. The molecule has 0 aromatic carbocycles. The topological polar surface area (TPSA) is 12.9 Å². The molecule has 2 heteroatoms. The predicted molar refractivity (Wildman–Crippen MR) is 71.2 cm³/mol. The van der Waals surface area contributed by atoms with Crippen LogP contribution in [0, 0.1) is 5.41 Å². The number of thiazole rings is 1. The second-order valence-electron chi connectivity index (χ2n) is 6.19. The molecule has 0 amide bonds. The Morgan fingerprint density at radius 2 is 1.94 bits per heavy atom. The highest BCUT2D eigenvalue weighted by atomic mass is 32.1. The minimum atomic E-state index is 0.564. The molecule has 0 radical (unpaired) electrons. The lowest BCUT2D eigenvalue weighted by Gasteiger charge is -2.33. The Labute approximate surface area is 103 Å². The number of nitrogens with zero attached hydrogens (tertiary/aromatic N) is 1. The van der Waals surface area contributed by atoms with E-state index in [0.29, 0.717) is 11.3 Å². The Hall–Kier alpha value is -0.370. The van der Waals surface area contributed by atoms with E-state index in [9.17, 15) is 0 Å². The van der Waals surface area contributed by atoms with Crippen molar-refractivity contribution in [1.29, 1.82) is 0 Å². The van der Waals surface area contributed by atoms with Crippen molar-refractivity contribution in [2.45, 2.75) is 65.2 Å². The molecule has 1 aromatic heterocycles. The van der Waals surface area contributed by atoms with Crippen molar-refractivity contribution in [3.8, 4) is 0 Å². The lowest BCUT2D eigenvalue weighted by atomic mass is 9.73. The van der Waals surface area contributed by atoms with Crippen LogP contribution in [-0.4, -0.2) is 4.98 Å². The molecule has 0 N–H and O–H groups in total. The normalized spacial score (nSPS) is 21.6. The zero-order valence-corrected chi connectivity index (χ0v) is 11.7. The first-order valence-corrected chi connectivity index (χ1v) is 7.25. The highest BCUT2D eigenvalue weighted by Gasteiger charge is 2.29. The van der Waals surface area contributed by atoms with Crippen LogP contribution in [0.15, 0.2) is 6.20 Å². The van der Waals surface area contributed by atoms with Crippen molar-refractivity contribution >= 4 is 11.3 Å². The average molecular weight is 237 g/mol. The lowest BCUT2D eigenvalue weighted by Crippen LogP contribution is -2.20. The lowest BCUT2D eigenvalue weighted by molar-refractivity contribution is 0.224. The second kappa shape index (κ2) is 4.48. The van der Waals surface area contributed by atoms with E-state index in [1.165, 1.54) is 35.6 Å². The summed E-state index contributed by atoms with van der Waals surface area (Å²) in [6, 6.07) is 0. The van der Waals surface area contributed by atoms with Gasteiger partial charge in [0, 0.05) is 17.0 Å². The van der Waals surface area contributed by atoms with E-state index in [4.69, 9.17) is 0 Å². The number of aromatic nitrogens is 1. The fourth-order valence-electron chi connectivity index (χ4n) is 2.40. The average Bonchev–Trinajstić information content (AvgIpc) is 2.66. The molecule has 16 heavy (non-hydrogen) atoms. The second-order valence-corrected chi connectivity index (χ2v) is 7.29. The molecule has 0 saturated heterocycles. The highest BCUT2D eigenvalue weighted by molar-refractivity contribution is 7.11. The Morgan fingerprint density at radius 3 is 2.44 bits per heavy atom. The molecule has 0 bridgehead atoms. The molecular weight excluding hydrogens is 214 g/mol. The predicted octanol–water partition coefficient (Wildman–Crippen LogP) is 4.95. The van der Waals surface area contributed by atoms with Gasteiger partial charge in [-0.15, -0.1) is 11.3 Å². The third-order valence-corrected chi connectivity index (χ3v) is 5.26. The van der Waals surface area contributed by atoms with E-state index in [1.54, 1.807) is 0 Å². The van der Waals surface area contributed by atoms with Crippen molar-refractivity contribution < 1.29 is 0 Å². The fourth-order valence-corrected chi connectivity index (χ4v) is 3.49. The van der Waals surface area contributed by atoms with Crippen LogP contribution in [0.5, 0.6) is 0 Å². The zero-order valence-electron chi connectivity index (χ0n) is 10.9. The summed E-state index contributed by atoms with van der Waals surface area (Å²) in [5.41, 5.74) is 0.564. The summed E-state index contributed by atoms with van der Waals surface area (Å²) < 4.78 is 0. The highest BCUT2D eigenvalue weighted by Crippen LogP contribution is 2.43. The maximum atomic E-state index is 4.63. The van der Waals surface area contributed by atoms with E-state index < -0.39 is 0 Å². The molecule has 90 valence electrons. The largest absolute Gasteiger partial charge is 0.249 e. The summed E-state index contributed by atoms with van der Waals surface area (Å²) in [6.45, 7) is 9.29. The van der Waals surface area contributed by atoms with Crippen LogP contribution in [0.4, 0.5) is 0 Å². The van der Waals surface area contributed by atoms with E-state index in [1.807, 2.05) is 11.3 Å². The molecule has 0 atom stereocenters. The summed E-state index contributed by atoms with van der Waals surface area (Å²) in [5.74, 6) is 1.37. The zero-order chi connectivity index (χ0) is 11.8. The van der Waals surface area contributed by atoms with Crippen molar-refractivity contribution in [2.75, 3.05) is 0 Å². The molecule has 1 aliphatic carbocycles. The van der Waals surface area contributed by atoms with E-state index in [0.717, 1.165) is 5.92 Å². The van der Waals surface area contributed by atoms with Gasteiger partial charge in [0.2, 0.25) is 0 Å². The Morgan fingerprint density at radius 1 is 1.31 bits per heavy atom. The fraction of sp³-hybridized carbons (Fsp3) is 0.786. The van der Waals surface area contributed by atoms with Gasteiger partial charge in [0.15, 0.2) is 0 Å². The summed E-state index contributed by atoms with van der Waals surface area (Å²) in [6.07, 6.45) is 7.46. The molecule has 1 aromatic rings. The third-order valence-electron chi connectivity index (χ3n) is 3.80. The van der Waals surface area contributed by atoms with Gasteiger partial charge in [0.25, 0.3) is 0 Å². The molecule has 0 unspecified atom stereocenters. The van der Waals surface area contributed by atoms with Gasteiger partial charge in [-0.05, 0) is 37.0 Å². The molecule has 1 aliphatic rings. The van der Waals surface area contributed by atoms with Crippen LogP contribution in [0.3, 0.4) is 0 Å². The molecule has 1 nitrogen and oxygen atoms in total. The van der Waals surface area contributed by atoms with Crippen LogP contribution in [0.25, 0.3) is 0 Å². The first-order valence-electron chi connectivity index (χ1n) is 6.43. The van der Waals surface area contributed by atoms with Crippen LogP contribution in [-0.2, 0) is 0 Å². The first-order chi connectivity index (χ1) is 7.48. The van der Waals surface area contributed by atoms with Crippen LogP contribution < -0.4 is 0 Å². The summed E-state index contributed by atoms with van der Waals surface area (Å²) in [7, 11) is 0. The van der Waals surface area contributed by atoms with Crippen molar-refractivity contribution in [3.63, 3.8) is 0 Å². The van der Waals surface area contributed by atoms with Crippen LogP contribution >= 0.6 is 11.3 Å². The molecule has 1 heterocycles. The van der Waals surface area contributed by atoms with Crippen molar-refractivity contribution in [1.82, 2.24) is 4.98 Å². The van der Waals surface area contributed by atoms with Gasteiger partial charge in [-0.25, -0.2) is 4.98 Å². The summed E-state index contributed by atoms with van der Waals surface area (Å²) >= 11 is 1.94. The number of hydrogen-bond donors (Lipinski definition) is 0. The molecular formula is C14H23NS. The molecule has 1 fully saturated rings. The number of rotatable bonds is 2. The van der Waals surface area contributed by atoms with Gasteiger partial charge < -0.3 is 0 Å². The number of hydrogen-bond acceptors (Lipinski definition) is 2. The monoisotopic (exact) mass is 237 g/mol. The smallest absolute Gasteiger partial charge is 0.0958 e. The quantitative estimate of drug-likeness (QED) is 0.709. The van der Waals surface area contributed by atoms with Crippen molar-refractivity contribution in [3.05, 3.63) is 16.1 Å². The SMILES string of the molecule is CC(C)c1cnc(C2CCC(C)(C)CC2)s1. The summed E-state index contributed by atoms with van der Waals surface area (Å²) in [4.78, 5) is 6.07. The van der Waals surface area contributed by atoms with Crippen LogP contribution in [0.2, 0.25) is 0 Å². The van der Waals surface area contributed by atoms with E-state index >= 15 is 0 Å². The van der Waals surface area contributed by atoms with Gasteiger partial charge in [0.1, 0.15) is 0 Å². The van der Waals surface area contributed by atoms with Gasteiger partial charge in [-0.2, -0.15) is 0 Å². The Kier molecular flexibility index (Phi) is 3.39. The molecule has 0 spiro atoms. The van der Waals surface area contributed by atoms with Gasteiger partial charge in [-0.3, -0.25) is 0 Å². The van der Waals surface area contributed by atoms with E-state index in [2.05, 4.69) is 38.9 Å². The van der Waals surface area contributed by atoms with Crippen molar-refractivity contribution in [2.24, 2.45) is 5.41 Å². The van der Waals surface area contributed by atoms with Gasteiger partial charge >= 0.3 is 0 Å². The Balaban J connectivity index is 2.03. The molecule has 0 aliphatic heterocycles. The minimum absolute atomic E-state index is 0.564. The first kappa shape index (κ1) is 12.1. The minimum Gasteiger partial charge on any atom is -0.249 e. The third kappa shape index (κ3) is 2.65. The van der Waals surface area contributed by atoms with Gasteiger partial charge in [-0.1, -0.05) is 27.7 Å². The molecule has 1 saturated carbocycles.